The van der Waals surface area contributed by atoms with Gasteiger partial charge in [-0.05, 0) is 47.6 Å². The maximum atomic E-state index is 13.1. The summed E-state index contributed by atoms with van der Waals surface area (Å²) >= 11 is 0. The van der Waals surface area contributed by atoms with E-state index < -0.39 is 5.97 Å². The van der Waals surface area contributed by atoms with Gasteiger partial charge in [-0.1, -0.05) is 57.2 Å². The quantitative estimate of drug-likeness (QED) is 0.299. The van der Waals surface area contributed by atoms with Crippen LogP contribution in [0.3, 0.4) is 0 Å². The van der Waals surface area contributed by atoms with Crippen LogP contribution >= 0.6 is 0 Å². The Bertz CT molecular complexity index is 1460. The highest BCUT2D eigenvalue weighted by Crippen LogP contribution is 2.34. The summed E-state index contributed by atoms with van der Waals surface area (Å²) in [7, 11) is 4.76. The van der Waals surface area contributed by atoms with E-state index in [9.17, 15) is 9.59 Å². The fourth-order valence-electron chi connectivity index (χ4n) is 5.20. The molecule has 0 bridgehead atoms. The number of carbonyl (C=O) groups is 2. The Morgan fingerprint density at radius 1 is 1.00 bits per heavy atom. The summed E-state index contributed by atoms with van der Waals surface area (Å²) in [6.07, 6.45) is 3.54. The Hall–Kier alpha value is -4.33. The number of methoxy groups -OCH3 is 3. The van der Waals surface area contributed by atoms with Crippen molar-refractivity contribution in [3.05, 3.63) is 88.6 Å². The average molecular weight is 573 g/mol. The molecule has 0 aliphatic carbocycles. The lowest BCUT2D eigenvalue weighted by Crippen LogP contribution is -2.31. The summed E-state index contributed by atoms with van der Waals surface area (Å²) in [5, 5.41) is 9.16. The molecule has 1 aliphatic rings. The molecule has 0 saturated carbocycles. The van der Waals surface area contributed by atoms with Gasteiger partial charge < -0.3 is 24.2 Å². The highest BCUT2D eigenvalue weighted by Gasteiger charge is 2.31. The number of amides is 1. The molecule has 0 unspecified atom stereocenters. The molecule has 42 heavy (non-hydrogen) atoms. The number of carbonyl (C=O) groups excluding carboxylic acids is 1. The SMILES string of the molecule is COc1ccc(CN2C(=O)CC[C@@H]2/C=C(\c2ccc(C(C)(C)C)cc2)c2ccc(CCC(=O)O)c(OC)n2)c(OC)c1. The van der Waals surface area contributed by atoms with E-state index in [2.05, 4.69) is 51.1 Å². The molecule has 1 fully saturated rings. The standard InChI is InChI=1S/C34H40N2O6/c1-34(2,3)25-12-7-22(8-13-25)28(29-16-10-23(11-18-32(38)39)33(35-29)42-6)19-26-14-17-31(37)36(26)21-24-9-15-27(40-4)20-30(24)41-5/h7-10,12-13,15-16,19-20,26H,11,14,17-18,21H2,1-6H3,(H,38,39)/b28-19+/t26-/m1/s1. The smallest absolute Gasteiger partial charge is 0.303 e. The predicted molar refractivity (Wildman–Crippen MR) is 162 cm³/mol. The Morgan fingerprint density at radius 2 is 1.71 bits per heavy atom. The third-order valence-electron chi connectivity index (χ3n) is 7.65. The molecular formula is C34H40N2O6. The summed E-state index contributed by atoms with van der Waals surface area (Å²) in [6.45, 7) is 6.93. The molecular weight excluding hydrogens is 532 g/mol. The molecule has 8 heteroatoms. The molecule has 2 heterocycles. The van der Waals surface area contributed by atoms with E-state index in [0.717, 1.165) is 22.3 Å². The van der Waals surface area contributed by atoms with Gasteiger partial charge in [-0.2, -0.15) is 0 Å². The number of benzene rings is 2. The van der Waals surface area contributed by atoms with Gasteiger partial charge in [-0.3, -0.25) is 9.59 Å². The largest absolute Gasteiger partial charge is 0.497 e. The second-order valence-electron chi connectivity index (χ2n) is 11.5. The minimum absolute atomic E-state index is 0.00174. The van der Waals surface area contributed by atoms with E-state index in [1.807, 2.05) is 35.2 Å². The van der Waals surface area contributed by atoms with Gasteiger partial charge in [-0.25, -0.2) is 4.98 Å². The lowest BCUT2D eigenvalue weighted by molar-refractivity contribution is -0.137. The second-order valence-corrected chi connectivity index (χ2v) is 11.5. The van der Waals surface area contributed by atoms with E-state index >= 15 is 0 Å². The van der Waals surface area contributed by atoms with Crippen LogP contribution in [0.2, 0.25) is 0 Å². The first-order valence-corrected chi connectivity index (χ1v) is 14.1. The molecule has 4 rings (SSSR count). The zero-order valence-electron chi connectivity index (χ0n) is 25.3. The van der Waals surface area contributed by atoms with Gasteiger partial charge in [0.25, 0.3) is 0 Å². The number of rotatable bonds is 11. The number of carboxylic acids is 1. The maximum absolute atomic E-state index is 13.1. The van der Waals surface area contributed by atoms with Crippen LogP contribution in [0, 0.1) is 0 Å². The Kier molecular flexibility index (Phi) is 9.55. The number of aryl methyl sites for hydroxylation is 1. The maximum Gasteiger partial charge on any atom is 0.303 e. The molecule has 0 radical (unpaired) electrons. The van der Waals surface area contributed by atoms with Crippen LogP contribution in [0.4, 0.5) is 0 Å². The van der Waals surface area contributed by atoms with Gasteiger partial charge in [0.1, 0.15) is 11.5 Å². The number of nitrogens with zero attached hydrogens (tertiary/aromatic N) is 2. The first-order chi connectivity index (χ1) is 20.0. The van der Waals surface area contributed by atoms with Crippen LogP contribution in [0.25, 0.3) is 5.57 Å². The number of likely N-dealkylation sites (tertiary alicyclic amines) is 1. The molecule has 8 nitrogen and oxygen atoms in total. The third-order valence-corrected chi connectivity index (χ3v) is 7.65. The van der Waals surface area contributed by atoms with Crippen LogP contribution in [-0.2, 0) is 28.0 Å². The number of hydrogen-bond acceptors (Lipinski definition) is 6. The monoisotopic (exact) mass is 572 g/mol. The zero-order chi connectivity index (χ0) is 30.4. The highest BCUT2D eigenvalue weighted by atomic mass is 16.5. The number of carboxylic acid groups (broad SMARTS) is 1. The van der Waals surface area contributed by atoms with Gasteiger partial charge in [-0.15, -0.1) is 0 Å². The van der Waals surface area contributed by atoms with Crippen LogP contribution in [0.1, 0.15) is 68.0 Å². The summed E-state index contributed by atoms with van der Waals surface area (Å²) in [6, 6.07) is 17.7. The van der Waals surface area contributed by atoms with Crippen molar-refractivity contribution >= 4 is 17.4 Å². The molecule has 1 amide bonds. The molecule has 3 aromatic rings. The first kappa shape index (κ1) is 30.6. The van der Waals surface area contributed by atoms with E-state index in [-0.39, 0.29) is 23.8 Å². The minimum Gasteiger partial charge on any atom is -0.497 e. The second kappa shape index (κ2) is 13.1. The molecule has 0 spiro atoms. The fraction of sp³-hybridized carbons (Fsp3) is 0.382. The van der Waals surface area contributed by atoms with Crippen molar-refractivity contribution in [2.75, 3.05) is 21.3 Å². The van der Waals surface area contributed by atoms with Crippen molar-refractivity contribution < 1.29 is 28.9 Å². The van der Waals surface area contributed by atoms with Crippen molar-refractivity contribution in [2.24, 2.45) is 0 Å². The summed E-state index contributed by atoms with van der Waals surface area (Å²) in [5.41, 5.74) is 5.38. The van der Waals surface area contributed by atoms with E-state index in [4.69, 9.17) is 24.3 Å². The molecule has 222 valence electrons. The minimum atomic E-state index is -0.875. The van der Waals surface area contributed by atoms with Gasteiger partial charge >= 0.3 is 5.97 Å². The third kappa shape index (κ3) is 7.11. The van der Waals surface area contributed by atoms with Crippen molar-refractivity contribution in [2.45, 2.75) is 64.5 Å². The van der Waals surface area contributed by atoms with Crippen molar-refractivity contribution in [3.8, 4) is 17.4 Å². The number of pyridine rings is 1. The molecule has 1 N–H and O–H groups in total. The first-order valence-electron chi connectivity index (χ1n) is 14.1. The molecule has 1 aliphatic heterocycles. The molecule has 2 aromatic carbocycles. The van der Waals surface area contributed by atoms with E-state index in [0.29, 0.717) is 48.9 Å². The molecule has 1 aromatic heterocycles. The zero-order valence-corrected chi connectivity index (χ0v) is 25.3. The average Bonchev–Trinajstić information content (AvgIpc) is 3.32. The van der Waals surface area contributed by atoms with Crippen LogP contribution in [-0.4, -0.2) is 54.2 Å². The van der Waals surface area contributed by atoms with Gasteiger partial charge in [0, 0.05) is 42.2 Å². The van der Waals surface area contributed by atoms with E-state index in [1.54, 1.807) is 14.2 Å². The topological polar surface area (TPSA) is 98.2 Å². The van der Waals surface area contributed by atoms with Crippen molar-refractivity contribution in [1.29, 1.82) is 0 Å². The lowest BCUT2D eigenvalue weighted by Gasteiger charge is -2.25. The predicted octanol–water partition coefficient (Wildman–Crippen LogP) is 6.05. The lowest BCUT2D eigenvalue weighted by atomic mass is 9.86. The van der Waals surface area contributed by atoms with Crippen molar-refractivity contribution in [3.63, 3.8) is 0 Å². The number of ether oxygens (including phenoxy) is 3. The molecule has 1 saturated heterocycles. The number of aliphatic carboxylic acids is 1. The normalized spacial score (nSPS) is 15.6. The van der Waals surface area contributed by atoms with Crippen LogP contribution in [0.15, 0.2) is 60.7 Å². The summed E-state index contributed by atoms with van der Waals surface area (Å²) < 4.78 is 16.5. The number of hydrogen-bond donors (Lipinski definition) is 1. The number of aromatic nitrogens is 1. The van der Waals surface area contributed by atoms with E-state index in [1.165, 1.54) is 12.7 Å². The van der Waals surface area contributed by atoms with Gasteiger partial charge in [0.15, 0.2) is 0 Å². The molecule has 1 atom stereocenters. The van der Waals surface area contributed by atoms with Crippen LogP contribution in [0.5, 0.6) is 17.4 Å². The Labute approximate surface area is 247 Å². The van der Waals surface area contributed by atoms with Crippen molar-refractivity contribution in [1.82, 2.24) is 9.88 Å². The Balaban J connectivity index is 1.76. The van der Waals surface area contributed by atoms with Gasteiger partial charge in [0.2, 0.25) is 11.8 Å². The fourth-order valence-corrected chi connectivity index (χ4v) is 5.20. The summed E-state index contributed by atoms with van der Waals surface area (Å²) in [5.74, 6) is 0.949. The van der Waals surface area contributed by atoms with Gasteiger partial charge in [0.05, 0.1) is 33.1 Å². The Morgan fingerprint density at radius 3 is 2.33 bits per heavy atom. The highest BCUT2D eigenvalue weighted by molar-refractivity contribution is 5.83. The summed E-state index contributed by atoms with van der Waals surface area (Å²) in [4.78, 5) is 31.0. The van der Waals surface area contributed by atoms with Crippen LogP contribution < -0.4 is 14.2 Å².